The molecule has 0 aliphatic heterocycles. The standard InChI is InChI=1S/C12H16ClN3O3/c1-3-14-12(17)8(2)15-7-9-4-5-10(13)6-11(9)16(18)19/h4-6,8,15H,3,7H2,1-2H3,(H,14,17). The van der Waals surface area contributed by atoms with Gasteiger partial charge in [0.15, 0.2) is 0 Å². The summed E-state index contributed by atoms with van der Waals surface area (Å²) in [7, 11) is 0. The van der Waals surface area contributed by atoms with Crippen LogP contribution in [0, 0.1) is 10.1 Å². The normalized spacial score (nSPS) is 11.9. The van der Waals surface area contributed by atoms with E-state index in [1.807, 2.05) is 6.92 Å². The van der Waals surface area contributed by atoms with Crippen LogP contribution in [0.5, 0.6) is 0 Å². The first-order chi connectivity index (χ1) is 8.95. The van der Waals surface area contributed by atoms with Gasteiger partial charge in [-0.25, -0.2) is 0 Å². The first-order valence-corrected chi connectivity index (χ1v) is 6.27. The summed E-state index contributed by atoms with van der Waals surface area (Å²) in [5.74, 6) is -0.140. The molecule has 1 amide bonds. The number of rotatable bonds is 6. The first-order valence-electron chi connectivity index (χ1n) is 5.89. The van der Waals surface area contributed by atoms with Crippen LogP contribution in [0.15, 0.2) is 18.2 Å². The third kappa shape index (κ3) is 4.50. The summed E-state index contributed by atoms with van der Waals surface area (Å²) in [4.78, 5) is 21.9. The zero-order valence-corrected chi connectivity index (χ0v) is 11.5. The number of nitro groups is 1. The van der Waals surface area contributed by atoms with E-state index in [0.717, 1.165) is 0 Å². The molecule has 0 radical (unpaired) electrons. The van der Waals surface area contributed by atoms with E-state index in [0.29, 0.717) is 17.1 Å². The number of likely N-dealkylation sites (N-methyl/N-ethyl adjacent to an activating group) is 1. The van der Waals surface area contributed by atoms with Gasteiger partial charge in [0, 0.05) is 29.7 Å². The Bertz CT molecular complexity index is 479. The molecule has 7 heteroatoms. The summed E-state index contributed by atoms with van der Waals surface area (Å²) in [6, 6.07) is 4.05. The number of carbonyl (C=O) groups excluding carboxylic acids is 1. The topological polar surface area (TPSA) is 84.3 Å². The minimum Gasteiger partial charge on any atom is -0.355 e. The van der Waals surface area contributed by atoms with Crippen molar-refractivity contribution >= 4 is 23.2 Å². The Morgan fingerprint density at radius 3 is 2.79 bits per heavy atom. The van der Waals surface area contributed by atoms with E-state index in [4.69, 9.17) is 11.6 Å². The van der Waals surface area contributed by atoms with Gasteiger partial charge in [-0.1, -0.05) is 11.6 Å². The Balaban J connectivity index is 2.72. The number of hydrogen-bond donors (Lipinski definition) is 2. The van der Waals surface area contributed by atoms with E-state index in [9.17, 15) is 14.9 Å². The van der Waals surface area contributed by atoms with Crippen molar-refractivity contribution < 1.29 is 9.72 Å². The lowest BCUT2D eigenvalue weighted by Gasteiger charge is -2.13. The van der Waals surface area contributed by atoms with Crippen molar-refractivity contribution in [1.82, 2.24) is 10.6 Å². The maximum atomic E-state index is 11.5. The molecule has 1 aromatic carbocycles. The molecule has 0 aliphatic carbocycles. The van der Waals surface area contributed by atoms with Crippen LogP contribution < -0.4 is 10.6 Å². The Kier molecular flexibility index (Phi) is 5.72. The molecule has 1 atom stereocenters. The zero-order chi connectivity index (χ0) is 14.4. The third-order valence-electron chi connectivity index (χ3n) is 2.59. The van der Waals surface area contributed by atoms with E-state index in [2.05, 4.69) is 10.6 Å². The molecule has 0 bridgehead atoms. The van der Waals surface area contributed by atoms with Crippen LogP contribution in [0.4, 0.5) is 5.69 Å². The highest BCUT2D eigenvalue weighted by Gasteiger charge is 2.16. The van der Waals surface area contributed by atoms with E-state index in [1.165, 1.54) is 6.07 Å². The molecule has 1 unspecified atom stereocenters. The third-order valence-corrected chi connectivity index (χ3v) is 2.82. The Morgan fingerprint density at radius 2 is 2.21 bits per heavy atom. The fraction of sp³-hybridized carbons (Fsp3) is 0.417. The highest BCUT2D eigenvalue weighted by atomic mass is 35.5. The Labute approximate surface area is 116 Å². The lowest BCUT2D eigenvalue weighted by atomic mass is 10.1. The molecule has 6 nitrogen and oxygen atoms in total. The molecule has 0 heterocycles. The number of amides is 1. The zero-order valence-electron chi connectivity index (χ0n) is 10.8. The average Bonchev–Trinajstić information content (AvgIpc) is 2.36. The van der Waals surface area contributed by atoms with E-state index in [1.54, 1.807) is 19.1 Å². The van der Waals surface area contributed by atoms with Crippen molar-refractivity contribution in [3.63, 3.8) is 0 Å². The molecule has 0 spiro atoms. The second-order valence-corrected chi connectivity index (χ2v) is 4.46. The monoisotopic (exact) mass is 285 g/mol. The van der Waals surface area contributed by atoms with Crippen molar-refractivity contribution in [3.8, 4) is 0 Å². The molecule has 104 valence electrons. The van der Waals surface area contributed by atoms with Gasteiger partial charge in [0.2, 0.25) is 5.91 Å². The van der Waals surface area contributed by atoms with Crippen LogP contribution in [0.2, 0.25) is 5.02 Å². The second kappa shape index (κ2) is 7.06. The number of carbonyl (C=O) groups is 1. The number of nitrogens with zero attached hydrogens (tertiary/aromatic N) is 1. The molecule has 1 aromatic rings. The number of nitro benzene ring substituents is 1. The first kappa shape index (κ1) is 15.4. The fourth-order valence-corrected chi connectivity index (χ4v) is 1.71. The van der Waals surface area contributed by atoms with Gasteiger partial charge in [-0.15, -0.1) is 0 Å². The maximum absolute atomic E-state index is 11.5. The van der Waals surface area contributed by atoms with Crippen molar-refractivity contribution in [3.05, 3.63) is 38.9 Å². The number of hydrogen-bond acceptors (Lipinski definition) is 4. The summed E-state index contributed by atoms with van der Waals surface area (Å²) in [5, 5.41) is 16.8. The van der Waals surface area contributed by atoms with Crippen molar-refractivity contribution in [2.45, 2.75) is 26.4 Å². The predicted octanol–water partition coefficient (Wildman–Crippen LogP) is 1.86. The van der Waals surface area contributed by atoms with E-state index in [-0.39, 0.29) is 18.1 Å². The van der Waals surface area contributed by atoms with Gasteiger partial charge in [-0.2, -0.15) is 0 Å². The molecule has 0 saturated heterocycles. The summed E-state index contributed by atoms with van der Waals surface area (Å²) < 4.78 is 0. The highest BCUT2D eigenvalue weighted by Crippen LogP contribution is 2.23. The lowest BCUT2D eigenvalue weighted by Crippen LogP contribution is -2.41. The number of benzene rings is 1. The molecule has 0 aliphatic rings. The smallest absolute Gasteiger partial charge is 0.275 e. The number of nitrogens with one attached hydrogen (secondary N) is 2. The Hall–Kier alpha value is -1.66. The number of halogens is 1. The molecular formula is C12H16ClN3O3. The SMILES string of the molecule is CCNC(=O)C(C)NCc1ccc(Cl)cc1[N+](=O)[O-]. The van der Waals surface area contributed by atoms with E-state index >= 15 is 0 Å². The largest absolute Gasteiger partial charge is 0.355 e. The van der Waals surface area contributed by atoms with Crippen LogP contribution in [0.1, 0.15) is 19.4 Å². The summed E-state index contributed by atoms with van der Waals surface area (Å²) in [6.45, 7) is 4.30. The van der Waals surface area contributed by atoms with Crippen molar-refractivity contribution in [1.29, 1.82) is 0 Å². The summed E-state index contributed by atoms with van der Waals surface area (Å²) in [6.07, 6.45) is 0. The van der Waals surface area contributed by atoms with E-state index < -0.39 is 11.0 Å². The van der Waals surface area contributed by atoms with Gasteiger partial charge in [0.1, 0.15) is 0 Å². The molecule has 19 heavy (non-hydrogen) atoms. The predicted molar refractivity (Wildman–Crippen MR) is 73.1 cm³/mol. The van der Waals surface area contributed by atoms with Crippen LogP contribution >= 0.6 is 11.6 Å². The van der Waals surface area contributed by atoms with Crippen molar-refractivity contribution in [2.75, 3.05) is 6.54 Å². The molecule has 2 N–H and O–H groups in total. The quantitative estimate of drug-likeness (QED) is 0.617. The summed E-state index contributed by atoms with van der Waals surface area (Å²) in [5.41, 5.74) is 0.439. The molecule has 0 fully saturated rings. The van der Waals surface area contributed by atoms with Crippen molar-refractivity contribution in [2.24, 2.45) is 0 Å². The van der Waals surface area contributed by atoms with Crippen LogP contribution in [0.25, 0.3) is 0 Å². The van der Waals surface area contributed by atoms with Gasteiger partial charge in [0.25, 0.3) is 5.69 Å². The maximum Gasteiger partial charge on any atom is 0.275 e. The second-order valence-electron chi connectivity index (χ2n) is 4.03. The van der Waals surface area contributed by atoms with Crippen LogP contribution in [-0.2, 0) is 11.3 Å². The van der Waals surface area contributed by atoms with Gasteiger partial charge >= 0.3 is 0 Å². The van der Waals surface area contributed by atoms with Gasteiger partial charge in [-0.05, 0) is 26.0 Å². The van der Waals surface area contributed by atoms with Crippen LogP contribution in [-0.4, -0.2) is 23.4 Å². The minimum atomic E-state index is -0.486. The molecule has 0 aromatic heterocycles. The van der Waals surface area contributed by atoms with Gasteiger partial charge in [0.05, 0.1) is 11.0 Å². The summed E-state index contributed by atoms with van der Waals surface area (Å²) >= 11 is 5.73. The molecule has 1 rings (SSSR count). The lowest BCUT2D eigenvalue weighted by molar-refractivity contribution is -0.385. The van der Waals surface area contributed by atoms with Gasteiger partial charge < -0.3 is 10.6 Å². The Morgan fingerprint density at radius 1 is 1.53 bits per heavy atom. The molecule has 0 saturated carbocycles. The highest BCUT2D eigenvalue weighted by molar-refractivity contribution is 6.30. The minimum absolute atomic E-state index is 0.0527. The molecular weight excluding hydrogens is 270 g/mol. The fourth-order valence-electron chi connectivity index (χ4n) is 1.54. The van der Waals surface area contributed by atoms with Gasteiger partial charge in [-0.3, -0.25) is 14.9 Å². The van der Waals surface area contributed by atoms with Crippen LogP contribution in [0.3, 0.4) is 0 Å². The average molecular weight is 286 g/mol.